The number of aromatic amines is 1. The average Bonchev–Trinajstić information content (AvgIpc) is 3.16. The number of fused-ring (bicyclic) bond motifs is 1. The van der Waals surface area contributed by atoms with Crippen molar-refractivity contribution in [3.8, 4) is 0 Å². The molecule has 22 heavy (non-hydrogen) atoms. The first-order valence-corrected chi connectivity index (χ1v) is 8.24. The second-order valence-electron chi connectivity index (χ2n) is 5.83. The van der Waals surface area contributed by atoms with Gasteiger partial charge in [0.05, 0.1) is 12.6 Å². The summed E-state index contributed by atoms with van der Waals surface area (Å²) in [4.78, 5) is 18.3. The van der Waals surface area contributed by atoms with Crippen LogP contribution in [0.25, 0.3) is 10.9 Å². The number of nitrogens with zero attached hydrogens (tertiary/aromatic N) is 1. The lowest BCUT2D eigenvalue weighted by Crippen LogP contribution is -2.38. The Bertz CT molecular complexity index is 662. The molecule has 0 saturated carbocycles. The van der Waals surface area contributed by atoms with Crippen molar-refractivity contribution in [1.82, 2.24) is 9.88 Å². The maximum Gasteiger partial charge on any atom is 0.270 e. The normalized spacial score (nSPS) is 18.3. The van der Waals surface area contributed by atoms with Gasteiger partial charge >= 0.3 is 0 Å². The summed E-state index contributed by atoms with van der Waals surface area (Å²) in [5, 5.41) is 1.16. The Morgan fingerprint density at radius 2 is 2.18 bits per heavy atom. The zero-order valence-corrected chi connectivity index (χ0v) is 13.4. The van der Waals surface area contributed by atoms with Crippen molar-refractivity contribution >= 4 is 16.8 Å². The molecule has 0 aliphatic carbocycles. The molecule has 1 aromatic heterocycles. The van der Waals surface area contributed by atoms with Gasteiger partial charge in [-0.1, -0.05) is 25.1 Å². The first-order valence-electron chi connectivity index (χ1n) is 8.24. The Morgan fingerprint density at radius 1 is 1.36 bits per heavy atom. The summed E-state index contributed by atoms with van der Waals surface area (Å²) in [7, 11) is 0. The second-order valence-corrected chi connectivity index (χ2v) is 5.83. The third-order valence-corrected chi connectivity index (χ3v) is 4.53. The number of H-pyrrole nitrogens is 1. The van der Waals surface area contributed by atoms with E-state index in [1.165, 1.54) is 0 Å². The summed E-state index contributed by atoms with van der Waals surface area (Å²) in [6, 6.07) is 8.36. The molecule has 1 aliphatic heterocycles. The highest BCUT2D eigenvalue weighted by atomic mass is 16.5. The van der Waals surface area contributed by atoms with Crippen LogP contribution in [0.4, 0.5) is 0 Å². The summed E-state index contributed by atoms with van der Waals surface area (Å²) in [5.74, 6) is 0.121. The molecule has 2 heterocycles. The molecule has 1 amide bonds. The van der Waals surface area contributed by atoms with E-state index in [2.05, 4.69) is 18.0 Å². The van der Waals surface area contributed by atoms with Crippen LogP contribution in [0.5, 0.6) is 0 Å². The predicted octanol–water partition coefficient (Wildman–Crippen LogP) is 3.37. The Morgan fingerprint density at radius 3 is 2.95 bits per heavy atom. The van der Waals surface area contributed by atoms with Gasteiger partial charge in [-0.2, -0.15) is 0 Å². The van der Waals surface area contributed by atoms with Gasteiger partial charge in [0.25, 0.3) is 5.91 Å². The van der Waals surface area contributed by atoms with Gasteiger partial charge in [0.15, 0.2) is 0 Å². The van der Waals surface area contributed by atoms with Gasteiger partial charge in [0, 0.05) is 24.1 Å². The van der Waals surface area contributed by atoms with Crippen LogP contribution in [0.15, 0.2) is 24.3 Å². The van der Waals surface area contributed by atoms with Gasteiger partial charge < -0.3 is 14.6 Å². The monoisotopic (exact) mass is 300 g/mol. The number of rotatable bonds is 5. The fraction of sp³-hybridized carbons (Fsp3) is 0.500. The molecule has 1 unspecified atom stereocenters. The van der Waals surface area contributed by atoms with Crippen LogP contribution >= 0.6 is 0 Å². The van der Waals surface area contributed by atoms with E-state index >= 15 is 0 Å². The SMILES string of the molecule is CCOCC1CCCN1C(=O)c1[nH]c2ccccc2c1CC. The minimum Gasteiger partial charge on any atom is -0.380 e. The summed E-state index contributed by atoms with van der Waals surface area (Å²) in [5.41, 5.74) is 2.93. The fourth-order valence-electron chi connectivity index (χ4n) is 3.42. The zero-order valence-electron chi connectivity index (χ0n) is 13.4. The van der Waals surface area contributed by atoms with E-state index in [-0.39, 0.29) is 11.9 Å². The number of carbonyl (C=O) groups is 1. The number of benzene rings is 1. The van der Waals surface area contributed by atoms with Gasteiger partial charge in [0.1, 0.15) is 5.69 Å². The standard InChI is InChI=1S/C18H24N2O2/c1-3-14-15-9-5-6-10-16(15)19-17(14)18(21)20-11-7-8-13(20)12-22-4-2/h5-6,9-10,13,19H,3-4,7-8,11-12H2,1-2H3. The molecule has 118 valence electrons. The largest absolute Gasteiger partial charge is 0.380 e. The molecule has 0 spiro atoms. The summed E-state index contributed by atoms with van der Waals surface area (Å²) in [6.07, 6.45) is 2.95. The van der Waals surface area contributed by atoms with E-state index in [1.807, 2.05) is 30.0 Å². The lowest BCUT2D eigenvalue weighted by atomic mass is 10.1. The van der Waals surface area contributed by atoms with E-state index in [9.17, 15) is 4.79 Å². The molecule has 0 radical (unpaired) electrons. The number of hydrogen-bond donors (Lipinski definition) is 1. The van der Waals surface area contributed by atoms with Crippen molar-refractivity contribution < 1.29 is 9.53 Å². The summed E-state index contributed by atoms with van der Waals surface area (Å²) in [6.45, 7) is 6.27. The minimum absolute atomic E-state index is 0.121. The first kappa shape index (κ1) is 15.1. The molecule has 1 N–H and O–H groups in total. The van der Waals surface area contributed by atoms with E-state index in [1.54, 1.807) is 0 Å². The van der Waals surface area contributed by atoms with Crippen LogP contribution < -0.4 is 0 Å². The lowest BCUT2D eigenvalue weighted by molar-refractivity contribution is 0.0559. The van der Waals surface area contributed by atoms with Gasteiger partial charge in [-0.05, 0) is 37.8 Å². The van der Waals surface area contributed by atoms with Crippen LogP contribution in [0.3, 0.4) is 0 Å². The van der Waals surface area contributed by atoms with Crippen molar-refractivity contribution in [1.29, 1.82) is 0 Å². The molecule has 2 aromatic rings. The number of nitrogens with one attached hydrogen (secondary N) is 1. The molecule has 1 saturated heterocycles. The highest BCUT2D eigenvalue weighted by molar-refractivity contribution is 6.01. The number of aryl methyl sites for hydroxylation is 1. The molecule has 3 rings (SSSR count). The Kier molecular flexibility index (Phi) is 4.48. The third kappa shape index (κ3) is 2.63. The number of carbonyl (C=O) groups excluding carboxylic acids is 1. The topological polar surface area (TPSA) is 45.3 Å². The van der Waals surface area contributed by atoms with E-state index in [0.717, 1.165) is 48.0 Å². The van der Waals surface area contributed by atoms with E-state index in [0.29, 0.717) is 13.2 Å². The maximum atomic E-state index is 13.0. The molecular formula is C18H24N2O2. The second kappa shape index (κ2) is 6.53. The van der Waals surface area contributed by atoms with Crippen molar-refractivity contribution in [2.24, 2.45) is 0 Å². The molecule has 1 aromatic carbocycles. The maximum absolute atomic E-state index is 13.0. The van der Waals surface area contributed by atoms with Gasteiger partial charge in [-0.15, -0.1) is 0 Å². The van der Waals surface area contributed by atoms with Crippen molar-refractivity contribution in [3.05, 3.63) is 35.5 Å². The highest BCUT2D eigenvalue weighted by Crippen LogP contribution is 2.27. The van der Waals surface area contributed by atoms with Crippen LogP contribution in [0.1, 0.15) is 42.7 Å². The van der Waals surface area contributed by atoms with Crippen LogP contribution in [0.2, 0.25) is 0 Å². The Labute approximate surface area is 131 Å². The highest BCUT2D eigenvalue weighted by Gasteiger charge is 2.31. The fourth-order valence-corrected chi connectivity index (χ4v) is 3.42. The van der Waals surface area contributed by atoms with Crippen LogP contribution in [-0.2, 0) is 11.2 Å². The number of likely N-dealkylation sites (tertiary alicyclic amines) is 1. The van der Waals surface area contributed by atoms with Crippen LogP contribution in [-0.4, -0.2) is 41.6 Å². The van der Waals surface area contributed by atoms with Crippen molar-refractivity contribution in [3.63, 3.8) is 0 Å². The Hall–Kier alpha value is -1.81. The number of ether oxygens (including phenoxy) is 1. The predicted molar refractivity (Wildman–Crippen MR) is 88.2 cm³/mol. The molecule has 1 atom stereocenters. The third-order valence-electron chi connectivity index (χ3n) is 4.53. The van der Waals surface area contributed by atoms with Gasteiger partial charge in [0.2, 0.25) is 0 Å². The van der Waals surface area contributed by atoms with E-state index in [4.69, 9.17) is 4.74 Å². The number of hydrogen-bond acceptors (Lipinski definition) is 2. The smallest absolute Gasteiger partial charge is 0.270 e. The Balaban J connectivity index is 1.91. The van der Waals surface area contributed by atoms with Crippen LogP contribution in [0, 0.1) is 0 Å². The zero-order chi connectivity index (χ0) is 15.5. The van der Waals surface area contributed by atoms with E-state index < -0.39 is 0 Å². The molecule has 1 aliphatic rings. The number of para-hydroxylation sites is 1. The van der Waals surface area contributed by atoms with Crippen molar-refractivity contribution in [2.45, 2.75) is 39.2 Å². The lowest BCUT2D eigenvalue weighted by Gasteiger charge is -2.24. The van der Waals surface area contributed by atoms with Crippen molar-refractivity contribution in [2.75, 3.05) is 19.8 Å². The van der Waals surface area contributed by atoms with Gasteiger partial charge in [-0.3, -0.25) is 4.79 Å². The summed E-state index contributed by atoms with van der Waals surface area (Å²) < 4.78 is 5.55. The van der Waals surface area contributed by atoms with Gasteiger partial charge in [-0.25, -0.2) is 0 Å². The molecule has 0 bridgehead atoms. The molecule has 4 nitrogen and oxygen atoms in total. The first-order chi connectivity index (χ1) is 10.8. The molecule has 1 fully saturated rings. The number of aromatic nitrogens is 1. The minimum atomic E-state index is 0.121. The number of amides is 1. The summed E-state index contributed by atoms with van der Waals surface area (Å²) >= 11 is 0. The molecular weight excluding hydrogens is 276 g/mol. The quantitative estimate of drug-likeness (QED) is 0.920. The average molecular weight is 300 g/mol. The molecule has 4 heteroatoms.